The first-order chi connectivity index (χ1) is 15.2. The number of carbonyl (C=O) groups excluding carboxylic acids is 1. The Kier molecular flexibility index (Phi) is 6.08. The van der Waals surface area contributed by atoms with Gasteiger partial charge in [0, 0.05) is 12.7 Å². The Morgan fingerprint density at radius 3 is 2.39 bits per heavy atom. The number of nitrogens with zero attached hydrogens (tertiary/aromatic N) is 3. The lowest BCUT2D eigenvalue weighted by molar-refractivity contribution is 0.0526. The molecule has 0 aliphatic rings. The molecule has 156 valence electrons. The number of aromatic nitrogens is 3. The highest BCUT2D eigenvalue weighted by atomic mass is 16.5. The van der Waals surface area contributed by atoms with Gasteiger partial charge < -0.3 is 14.0 Å². The van der Waals surface area contributed by atoms with Gasteiger partial charge in [-0.1, -0.05) is 48.5 Å². The minimum absolute atomic E-state index is 0.313. The lowest BCUT2D eigenvalue weighted by atomic mass is 9.96. The van der Waals surface area contributed by atoms with Gasteiger partial charge in [0.25, 0.3) is 0 Å². The van der Waals surface area contributed by atoms with E-state index < -0.39 is 0 Å². The number of rotatable bonds is 7. The van der Waals surface area contributed by atoms with E-state index in [2.05, 4.69) is 32.7 Å². The van der Waals surface area contributed by atoms with Crippen molar-refractivity contribution < 1.29 is 14.3 Å². The minimum atomic E-state index is -0.313. The monoisotopic (exact) mass is 413 g/mol. The summed E-state index contributed by atoms with van der Waals surface area (Å²) in [4.78, 5) is 20.6. The SMILES string of the molecule is CCOC(=O)c1ccc(/C(=C/Cn2ccc3c(OC)ncnc32)c2ccccc2)cc1. The van der Waals surface area contributed by atoms with Crippen molar-refractivity contribution in [2.24, 2.45) is 0 Å². The van der Waals surface area contributed by atoms with Crippen LogP contribution in [0.1, 0.15) is 28.4 Å². The van der Waals surface area contributed by atoms with Crippen LogP contribution in [0, 0.1) is 0 Å². The third-order valence-electron chi connectivity index (χ3n) is 5.00. The topological polar surface area (TPSA) is 66.2 Å². The molecule has 6 heteroatoms. The van der Waals surface area contributed by atoms with Gasteiger partial charge in [0.05, 0.1) is 24.7 Å². The number of allylic oxidation sites excluding steroid dienone is 1. The van der Waals surface area contributed by atoms with Gasteiger partial charge in [-0.2, -0.15) is 0 Å². The predicted molar refractivity (Wildman–Crippen MR) is 120 cm³/mol. The smallest absolute Gasteiger partial charge is 0.338 e. The lowest BCUT2D eigenvalue weighted by Gasteiger charge is -2.11. The van der Waals surface area contributed by atoms with Crippen LogP contribution in [0.25, 0.3) is 16.6 Å². The largest absolute Gasteiger partial charge is 0.480 e. The number of benzene rings is 2. The van der Waals surface area contributed by atoms with E-state index in [1.165, 1.54) is 6.33 Å². The highest BCUT2D eigenvalue weighted by molar-refractivity contribution is 5.90. The number of hydrogen-bond donors (Lipinski definition) is 0. The molecule has 0 unspecified atom stereocenters. The highest BCUT2D eigenvalue weighted by Crippen LogP contribution is 2.26. The van der Waals surface area contributed by atoms with Crippen LogP contribution < -0.4 is 4.74 Å². The van der Waals surface area contributed by atoms with Crippen molar-refractivity contribution in [2.75, 3.05) is 13.7 Å². The van der Waals surface area contributed by atoms with Gasteiger partial charge in [0.1, 0.15) is 12.0 Å². The molecule has 0 aliphatic heterocycles. The van der Waals surface area contributed by atoms with Gasteiger partial charge in [-0.3, -0.25) is 0 Å². The second-order valence-corrected chi connectivity index (χ2v) is 6.87. The first kappa shape index (κ1) is 20.3. The maximum Gasteiger partial charge on any atom is 0.338 e. The molecule has 2 aromatic heterocycles. The van der Waals surface area contributed by atoms with Crippen molar-refractivity contribution in [3.05, 3.63) is 96.0 Å². The molecule has 0 amide bonds. The van der Waals surface area contributed by atoms with Gasteiger partial charge >= 0.3 is 5.97 Å². The minimum Gasteiger partial charge on any atom is -0.480 e. The summed E-state index contributed by atoms with van der Waals surface area (Å²) >= 11 is 0. The van der Waals surface area contributed by atoms with E-state index in [1.54, 1.807) is 26.2 Å². The molecule has 2 heterocycles. The lowest BCUT2D eigenvalue weighted by Crippen LogP contribution is -2.04. The van der Waals surface area contributed by atoms with Crippen LogP contribution in [0.15, 0.2) is 79.3 Å². The summed E-state index contributed by atoms with van der Waals surface area (Å²) in [6.07, 6.45) is 5.64. The fourth-order valence-corrected chi connectivity index (χ4v) is 3.50. The molecule has 0 spiro atoms. The second kappa shape index (κ2) is 9.26. The summed E-state index contributed by atoms with van der Waals surface area (Å²) in [5, 5.41) is 0.874. The first-order valence-electron chi connectivity index (χ1n) is 10.1. The number of methoxy groups -OCH3 is 1. The predicted octanol–water partition coefficient (Wildman–Crippen LogP) is 4.75. The van der Waals surface area contributed by atoms with Gasteiger partial charge in [-0.15, -0.1) is 0 Å². The summed E-state index contributed by atoms with van der Waals surface area (Å²) in [7, 11) is 1.60. The number of fused-ring (bicyclic) bond motifs is 1. The first-order valence-corrected chi connectivity index (χ1v) is 10.1. The standard InChI is InChI=1S/C25H23N3O3/c1-3-31-25(29)20-11-9-19(10-12-20)21(18-7-5-4-6-8-18)13-15-28-16-14-22-23(28)26-17-27-24(22)30-2/h4-14,16-17H,3,15H2,1-2H3/b21-13+. The second-order valence-electron chi connectivity index (χ2n) is 6.87. The molecule has 0 saturated carbocycles. The Morgan fingerprint density at radius 2 is 1.68 bits per heavy atom. The molecule has 4 aromatic rings. The molecule has 2 aromatic carbocycles. The van der Waals surface area contributed by atoms with E-state index in [4.69, 9.17) is 9.47 Å². The molecule has 0 bridgehead atoms. The molecule has 0 fully saturated rings. The van der Waals surface area contributed by atoms with Crippen LogP contribution in [0.2, 0.25) is 0 Å². The van der Waals surface area contributed by atoms with Gasteiger partial charge in [-0.25, -0.2) is 14.8 Å². The van der Waals surface area contributed by atoms with E-state index in [1.807, 2.05) is 42.6 Å². The Bertz CT molecular complexity index is 1210. The Labute approximate surface area is 180 Å². The summed E-state index contributed by atoms with van der Waals surface area (Å²) in [6.45, 7) is 2.77. The van der Waals surface area contributed by atoms with Crippen molar-refractivity contribution in [1.82, 2.24) is 14.5 Å². The maximum atomic E-state index is 12.0. The van der Waals surface area contributed by atoms with Crippen LogP contribution in [0.4, 0.5) is 0 Å². The van der Waals surface area contributed by atoms with Crippen molar-refractivity contribution in [1.29, 1.82) is 0 Å². The van der Waals surface area contributed by atoms with E-state index in [-0.39, 0.29) is 5.97 Å². The third kappa shape index (κ3) is 4.33. The van der Waals surface area contributed by atoms with E-state index in [9.17, 15) is 4.79 Å². The zero-order chi connectivity index (χ0) is 21.6. The Hall–Kier alpha value is -3.93. The summed E-state index contributed by atoms with van der Waals surface area (Å²) in [5.41, 5.74) is 4.53. The zero-order valence-corrected chi connectivity index (χ0v) is 17.5. The molecule has 0 atom stereocenters. The van der Waals surface area contributed by atoms with Gasteiger partial charge in [-0.05, 0) is 41.8 Å². The fraction of sp³-hybridized carbons (Fsp3) is 0.160. The maximum absolute atomic E-state index is 12.0. The molecule has 0 aliphatic carbocycles. The number of hydrogen-bond acceptors (Lipinski definition) is 5. The van der Waals surface area contributed by atoms with E-state index in [0.29, 0.717) is 24.6 Å². The van der Waals surface area contributed by atoms with Crippen LogP contribution >= 0.6 is 0 Å². The molecule has 31 heavy (non-hydrogen) atoms. The molecule has 0 N–H and O–H groups in total. The van der Waals surface area contributed by atoms with Crippen molar-refractivity contribution in [3.8, 4) is 5.88 Å². The fourth-order valence-electron chi connectivity index (χ4n) is 3.50. The normalized spacial score (nSPS) is 11.5. The molecular formula is C25H23N3O3. The van der Waals surface area contributed by atoms with Crippen LogP contribution in [0.3, 0.4) is 0 Å². The average Bonchev–Trinajstić information content (AvgIpc) is 3.24. The molecule has 6 nitrogen and oxygen atoms in total. The summed E-state index contributed by atoms with van der Waals surface area (Å²) in [6, 6.07) is 19.6. The van der Waals surface area contributed by atoms with Crippen molar-refractivity contribution in [2.45, 2.75) is 13.5 Å². The zero-order valence-electron chi connectivity index (χ0n) is 17.5. The van der Waals surface area contributed by atoms with Crippen LogP contribution in [-0.4, -0.2) is 34.2 Å². The summed E-state index contributed by atoms with van der Waals surface area (Å²) < 4.78 is 12.5. The Morgan fingerprint density at radius 1 is 0.968 bits per heavy atom. The van der Waals surface area contributed by atoms with Gasteiger partial charge in [0.2, 0.25) is 5.88 Å². The van der Waals surface area contributed by atoms with Crippen LogP contribution in [0.5, 0.6) is 5.88 Å². The van der Waals surface area contributed by atoms with Crippen LogP contribution in [-0.2, 0) is 11.3 Å². The molecular weight excluding hydrogens is 390 g/mol. The summed E-state index contributed by atoms with van der Waals surface area (Å²) in [5.74, 6) is 0.247. The van der Waals surface area contributed by atoms with E-state index >= 15 is 0 Å². The van der Waals surface area contributed by atoms with Gasteiger partial charge in [0.15, 0.2) is 0 Å². The highest BCUT2D eigenvalue weighted by Gasteiger charge is 2.11. The molecule has 4 rings (SSSR count). The number of ether oxygens (including phenoxy) is 2. The number of esters is 1. The number of carbonyl (C=O) groups is 1. The third-order valence-corrected chi connectivity index (χ3v) is 5.00. The van der Waals surface area contributed by atoms with Crippen molar-refractivity contribution >= 4 is 22.6 Å². The van der Waals surface area contributed by atoms with E-state index in [0.717, 1.165) is 27.7 Å². The molecule has 0 radical (unpaired) electrons. The Balaban J connectivity index is 1.70. The van der Waals surface area contributed by atoms with Crippen molar-refractivity contribution in [3.63, 3.8) is 0 Å². The quantitative estimate of drug-likeness (QED) is 0.409. The average molecular weight is 413 g/mol. The molecule has 0 saturated heterocycles.